The van der Waals surface area contributed by atoms with Gasteiger partial charge in [-0.05, 0) is 31.7 Å². The van der Waals surface area contributed by atoms with Crippen molar-refractivity contribution in [1.29, 1.82) is 0 Å². The fourth-order valence-corrected chi connectivity index (χ4v) is 3.86. The molecule has 0 saturated carbocycles. The number of likely N-dealkylation sites (tertiary alicyclic amines) is 1. The molecule has 10 nitrogen and oxygen atoms in total. The predicted octanol–water partition coefficient (Wildman–Crippen LogP) is 2.11. The molecule has 2 aromatic heterocycles. The summed E-state index contributed by atoms with van der Waals surface area (Å²) >= 11 is 0. The fourth-order valence-electron chi connectivity index (χ4n) is 3.86. The van der Waals surface area contributed by atoms with E-state index in [1.54, 1.807) is 29.5 Å². The molecule has 33 heavy (non-hydrogen) atoms. The average Bonchev–Trinajstić information content (AvgIpc) is 3.21. The van der Waals surface area contributed by atoms with E-state index in [2.05, 4.69) is 20.3 Å². The Kier molecular flexibility index (Phi) is 7.51. The normalized spacial score (nSPS) is 20.0. The van der Waals surface area contributed by atoms with E-state index in [1.807, 2.05) is 18.0 Å². The summed E-state index contributed by atoms with van der Waals surface area (Å²) < 4.78 is 39.7. The summed E-state index contributed by atoms with van der Waals surface area (Å²) in [5, 5.41) is 10.5. The number of anilines is 1. The number of ether oxygens (including phenoxy) is 1. The molecule has 0 radical (unpaired) electrons. The number of alkyl halides is 3. The van der Waals surface area contributed by atoms with Crippen LogP contribution in [0.3, 0.4) is 0 Å². The quantitative estimate of drug-likeness (QED) is 0.700. The van der Waals surface area contributed by atoms with Crippen molar-refractivity contribution in [3.63, 3.8) is 0 Å². The van der Waals surface area contributed by atoms with Gasteiger partial charge in [0.25, 0.3) is 5.91 Å². The van der Waals surface area contributed by atoms with E-state index in [4.69, 9.17) is 14.6 Å². The highest BCUT2D eigenvalue weighted by atomic mass is 19.4. The van der Waals surface area contributed by atoms with E-state index < -0.39 is 12.1 Å². The van der Waals surface area contributed by atoms with Gasteiger partial charge in [0.15, 0.2) is 0 Å². The Morgan fingerprint density at radius 1 is 1.21 bits per heavy atom. The van der Waals surface area contributed by atoms with Crippen LogP contribution in [0.5, 0.6) is 0 Å². The maximum Gasteiger partial charge on any atom is 0.490 e. The van der Waals surface area contributed by atoms with E-state index in [-0.39, 0.29) is 11.5 Å². The Morgan fingerprint density at radius 2 is 1.85 bits per heavy atom. The lowest BCUT2D eigenvalue weighted by molar-refractivity contribution is -0.192. The number of aliphatic carboxylic acids is 1. The number of hydrogen-bond acceptors (Lipinski definition) is 7. The van der Waals surface area contributed by atoms with Gasteiger partial charge in [0.1, 0.15) is 5.69 Å². The van der Waals surface area contributed by atoms with Crippen molar-refractivity contribution < 1.29 is 32.6 Å². The number of carboxylic acid groups (broad SMARTS) is 1. The lowest BCUT2D eigenvalue weighted by atomic mass is 9.82. The molecule has 2 aliphatic heterocycles. The Labute approximate surface area is 187 Å². The number of carbonyl (C=O) groups is 2. The number of carboxylic acids is 1. The molecule has 2 saturated heterocycles. The SMILES string of the molecule is Cn1cnc(C(=O)N2CCC3(CC2)CC(Nc2ncccn2)CCO3)c1.O=C(O)C(F)(F)F. The van der Waals surface area contributed by atoms with E-state index in [0.29, 0.717) is 30.8 Å². The highest BCUT2D eigenvalue weighted by Gasteiger charge is 2.41. The minimum atomic E-state index is -5.08. The zero-order chi connectivity index (χ0) is 24.1. The van der Waals surface area contributed by atoms with Gasteiger partial charge >= 0.3 is 12.1 Å². The van der Waals surface area contributed by atoms with Crippen LogP contribution in [0.25, 0.3) is 0 Å². The number of nitrogens with one attached hydrogen (secondary N) is 1. The third kappa shape index (κ3) is 6.63. The number of nitrogens with zero attached hydrogens (tertiary/aromatic N) is 5. The number of halogens is 3. The van der Waals surface area contributed by atoms with Crippen LogP contribution in [-0.4, -0.2) is 78.9 Å². The van der Waals surface area contributed by atoms with Crippen LogP contribution in [-0.2, 0) is 16.6 Å². The number of piperidine rings is 1. The van der Waals surface area contributed by atoms with Crippen LogP contribution in [0.15, 0.2) is 31.0 Å². The number of amides is 1. The number of rotatable bonds is 3. The maximum atomic E-state index is 12.6. The summed E-state index contributed by atoms with van der Waals surface area (Å²) in [6, 6.07) is 2.11. The summed E-state index contributed by atoms with van der Waals surface area (Å²) in [5.41, 5.74) is 0.347. The Morgan fingerprint density at radius 3 is 2.39 bits per heavy atom. The largest absolute Gasteiger partial charge is 0.490 e. The fraction of sp³-hybridized carbons (Fsp3) is 0.550. The molecule has 0 bridgehead atoms. The van der Waals surface area contributed by atoms with E-state index in [0.717, 1.165) is 32.3 Å². The second-order valence-corrected chi connectivity index (χ2v) is 7.96. The molecule has 0 aliphatic carbocycles. The molecule has 1 unspecified atom stereocenters. The van der Waals surface area contributed by atoms with Gasteiger partial charge in [-0.2, -0.15) is 13.2 Å². The van der Waals surface area contributed by atoms with Gasteiger partial charge in [0.2, 0.25) is 5.95 Å². The van der Waals surface area contributed by atoms with Gasteiger partial charge in [0.05, 0.1) is 11.9 Å². The highest BCUT2D eigenvalue weighted by molar-refractivity contribution is 5.92. The van der Waals surface area contributed by atoms with Gasteiger partial charge in [-0.1, -0.05) is 0 Å². The van der Waals surface area contributed by atoms with Crippen LogP contribution in [0, 0.1) is 0 Å². The van der Waals surface area contributed by atoms with Crippen molar-refractivity contribution in [3.05, 3.63) is 36.7 Å². The molecular formula is C20H25F3N6O4. The summed E-state index contributed by atoms with van der Waals surface area (Å²) in [5.74, 6) is -2.09. The molecule has 2 fully saturated rings. The number of aromatic nitrogens is 4. The molecule has 2 aromatic rings. The lowest BCUT2D eigenvalue weighted by Gasteiger charge is -2.46. The molecule has 1 spiro atoms. The van der Waals surface area contributed by atoms with Crippen LogP contribution in [0.4, 0.5) is 19.1 Å². The summed E-state index contributed by atoms with van der Waals surface area (Å²) in [6.45, 7) is 2.12. The molecular weight excluding hydrogens is 445 g/mol. The van der Waals surface area contributed by atoms with Crippen molar-refractivity contribution in [2.24, 2.45) is 7.05 Å². The van der Waals surface area contributed by atoms with Gasteiger partial charge < -0.3 is 24.6 Å². The zero-order valence-electron chi connectivity index (χ0n) is 18.0. The number of imidazole rings is 1. The maximum absolute atomic E-state index is 12.6. The van der Waals surface area contributed by atoms with E-state index >= 15 is 0 Å². The predicted molar refractivity (Wildman–Crippen MR) is 109 cm³/mol. The molecule has 1 atom stereocenters. The van der Waals surface area contributed by atoms with Crippen LogP contribution >= 0.6 is 0 Å². The van der Waals surface area contributed by atoms with Crippen LogP contribution in [0.1, 0.15) is 36.2 Å². The van der Waals surface area contributed by atoms with Gasteiger partial charge in [0, 0.05) is 51.4 Å². The van der Waals surface area contributed by atoms with Crippen molar-refractivity contribution in [2.45, 2.75) is 43.5 Å². The second kappa shape index (κ2) is 10.1. The van der Waals surface area contributed by atoms with Crippen LogP contribution in [0.2, 0.25) is 0 Å². The molecule has 2 N–H and O–H groups in total. The second-order valence-electron chi connectivity index (χ2n) is 7.96. The first-order valence-corrected chi connectivity index (χ1v) is 10.3. The number of aryl methyl sites for hydroxylation is 1. The van der Waals surface area contributed by atoms with Crippen molar-refractivity contribution in [1.82, 2.24) is 24.4 Å². The third-order valence-corrected chi connectivity index (χ3v) is 5.52. The first-order valence-electron chi connectivity index (χ1n) is 10.3. The topological polar surface area (TPSA) is 122 Å². The first kappa shape index (κ1) is 24.4. The Bertz CT molecular complexity index is 945. The minimum absolute atomic E-state index is 0.00335. The zero-order valence-corrected chi connectivity index (χ0v) is 18.0. The minimum Gasteiger partial charge on any atom is -0.475 e. The third-order valence-electron chi connectivity index (χ3n) is 5.52. The molecule has 1 amide bonds. The lowest BCUT2D eigenvalue weighted by Crippen LogP contribution is -2.52. The number of carbonyl (C=O) groups excluding carboxylic acids is 1. The smallest absolute Gasteiger partial charge is 0.475 e. The molecule has 4 rings (SSSR count). The highest BCUT2D eigenvalue weighted by Crippen LogP contribution is 2.36. The van der Waals surface area contributed by atoms with Crippen molar-refractivity contribution >= 4 is 17.8 Å². The standard InChI is InChI=1S/C18H24N6O2.C2HF3O2/c1-23-12-15(21-13-23)16(25)24-8-4-18(5-9-24)11-14(3-10-26-18)22-17-19-6-2-7-20-17;3-2(4,5)1(6)7/h2,6-7,12-14H,3-5,8-11H2,1H3,(H,19,20,22);(H,6,7). The number of hydrogen-bond donors (Lipinski definition) is 2. The molecule has 0 aromatic carbocycles. The monoisotopic (exact) mass is 470 g/mol. The average molecular weight is 470 g/mol. The van der Waals surface area contributed by atoms with E-state index in [1.165, 1.54) is 0 Å². The molecule has 180 valence electrons. The molecule has 2 aliphatic rings. The van der Waals surface area contributed by atoms with Crippen molar-refractivity contribution in [3.8, 4) is 0 Å². The first-order chi connectivity index (χ1) is 15.6. The summed E-state index contributed by atoms with van der Waals surface area (Å²) in [4.78, 5) is 36.0. The Hall–Kier alpha value is -3.22. The van der Waals surface area contributed by atoms with Gasteiger partial charge in [-0.3, -0.25) is 4.79 Å². The van der Waals surface area contributed by atoms with Crippen molar-refractivity contribution in [2.75, 3.05) is 25.0 Å². The van der Waals surface area contributed by atoms with E-state index in [9.17, 15) is 18.0 Å². The van der Waals surface area contributed by atoms with Crippen LogP contribution < -0.4 is 5.32 Å². The van der Waals surface area contributed by atoms with Gasteiger partial charge in [-0.15, -0.1) is 0 Å². The Balaban J connectivity index is 0.000000383. The molecule has 4 heterocycles. The molecule has 13 heteroatoms. The summed E-state index contributed by atoms with van der Waals surface area (Å²) in [6.07, 6.45) is 5.37. The summed E-state index contributed by atoms with van der Waals surface area (Å²) in [7, 11) is 1.87. The van der Waals surface area contributed by atoms with Gasteiger partial charge in [-0.25, -0.2) is 19.7 Å².